The van der Waals surface area contributed by atoms with Gasteiger partial charge in [-0.05, 0) is 25.2 Å². The third-order valence-corrected chi connectivity index (χ3v) is 3.89. The van der Waals surface area contributed by atoms with Crippen LogP contribution in [0.3, 0.4) is 0 Å². The van der Waals surface area contributed by atoms with Crippen LogP contribution in [0.15, 0.2) is 0 Å². The fraction of sp³-hybridized carbons (Fsp3) is 0.867. The first kappa shape index (κ1) is 16.8. The molecule has 0 radical (unpaired) electrons. The largest absolute Gasteiger partial charge is 0.481 e. The molecule has 1 fully saturated rings. The Morgan fingerprint density at radius 3 is 2.30 bits per heavy atom. The van der Waals surface area contributed by atoms with Crippen LogP contribution in [0.4, 0.5) is 4.79 Å². The van der Waals surface area contributed by atoms with Crippen LogP contribution in [0.2, 0.25) is 0 Å². The lowest BCUT2D eigenvalue weighted by Gasteiger charge is -2.12. The first-order chi connectivity index (χ1) is 9.46. The van der Waals surface area contributed by atoms with Crippen molar-refractivity contribution in [2.45, 2.75) is 58.8 Å². The number of urea groups is 1. The molecular formula is C15H28N2O3. The van der Waals surface area contributed by atoms with Gasteiger partial charge in [0.05, 0.1) is 5.41 Å². The van der Waals surface area contributed by atoms with Gasteiger partial charge in [-0.2, -0.15) is 0 Å². The van der Waals surface area contributed by atoms with Crippen molar-refractivity contribution in [2.75, 3.05) is 13.1 Å². The van der Waals surface area contributed by atoms with Crippen molar-refractivity contribution in [3.8, 4) is 0 Å². The van der Waals surface area contributed by atoms with Gasteiger partial charge in [0.15, 0.2) is 0 Å². The predicted octanol–water partition coefficient (Wildman–Crippen LogP) is 2.76. The summed E-state index contributed by atoms with van der Waals surface area (Å²) in [7, 11) is 0. The van der Waals surface area contributed by atoms with E-state index in [1.54, 1.807) is 0 Å². The van der Waals surface area contributed by atoms with Gasteiger partial charge in [0.1, 0.15) is 0 Å². The van der Waals surface area contributed by atoms with Crippen LogP contribution in [0.25, 0.3) is 0 Å². The third kappa shape index (κ3) is 6.26. The first-order valence-corrected chi connectivity index (χ1v) is 7.71. The normalized spacial score (nSPS) is 15.9. The Balaban J connectivity index is 1.94. The van der Waals surface area contributed by atoms with Crippen molar-refractivity contribution < 1.29 is 14.7 Å². The summed E-state index contributed by atoms with van der Waals surface area (Å²) < 4.78 is 0. The molecule has 0 spiro atoms. The summed E-state index contributed by atoms with van der Waals surface area (Å²) in [5.41, 5.74) is -0.686. The molecule has 20 heavy (non-hydrogen) atoms. The molecule has 0 aliphatic heterocycles. The smallest absolute Gasteiger partial charge is 0.314 e. The molecule has 0 atom stereocenters. The molecule has 2 amide bonds. The van der Waals surface area contributed by atoms with E-state index < -0.39 is 11.4 Å². The van der Waals surface area contributed by atoms with Gasteiger partial charge in [0.25, 0.3) is 0 Å². The molecule has 1 rings (SSSR count). The van der Waals surface area contributed by atoms with Crippen molar-refractivity contribution in [3.05, 3.63) is 0 Å². The number of carbonyl (C=O) groups is 2. The highest BCUT2D eigenvalue weighted by Gasteiger charge is 2.50. The second-order valence-corrected chi connectivity index (χ2v) is 6.29. The van der Waals surface area contributed by atoms with Gasteiger partial charge in [-0.25, -0.2) is 4.79 Å². The number of unbranched alkanes of at least 4 members (excludes halogenated alkanes) is 3. The number of amides is 2. The summed E-state index contributed by atoms with van der Waals surface area (Å²) >= 11 is 0. The second kappa shape index (κ2) is 8.12. The minimum Gasteiger partial charge on any atom is -0.481 e. The summed E-state index contributed by atoms with van der Waals surface area (Å²) in [4.78, 5) is 22.4. The molecule has 0 aromatic rings. The van der Waals surface area contributed by atoms with Gasteiger partial charge < -0.3 is 15.7 Å². The molecule has 1 saturated carbocycles. The van der Waals surface area contributed by atoms with Crippen LogP contribution in [-0.2, 0) is 4.79 Å². The average Bonchev–Trinajstić information content (AvgIpc) is 3.16. The van der Waals surface area contributed by atoms with Crippen molar-refractivity contribution >= 4 is 12.0 Å². The molecule has 1 aliphatic rings. The van der Waals surface area contributed by atoms with E-state index in [1.165, 1.54) is 19.3 Å². The Bertz CT molecular complexity index is 325. The summed E-state index contributed by atoms with van der Waals surface area (Å²) in [6.45, 7) is 5.36. The zero-order valence-electron chi connectivity index (χ0n) is 12.7. The van der Waals surface area contributed by atoms with Gasteiger partial charge in [-0.1, -0.05) is 39.5 Å². The summed E-state index contributed by atoms with van der Waals surface area (Å²) in [5, 5.41) is 14.4. The van der Waals surface area contributed by atoms with E-state index in [1.807, 2.05) is 0 Å². The molecule has 5 heteroatoms. The Morgan fingerprint density at radius 2 is 1.75 bits per heavy atom. The van der Waals surface area contributed by atoms with Crippen molar-refractivity contribution in [3.63, 3.8) is 0 Å². The van der Waals surface area contributed by atoms with Crippen LogP contribution >= 0.6 is 0 Å². The molecule has 0 unspecified atom stereocenters. The SMILES string of the molecule is CC(C)CCCCCCNC(=O)NCC1(C(=O)O)CC1. The number of carbonyl (C=O) groups excluding carboxylic acids is 1. The second-order valence-electron chi connectivity index (χ2n) is 6.29. The van der Waals surface area contributed by atoms with Gasteiger partial charge >= 0.3 is 12.0 Å². The quantitative estimate of drug-likeness (QED) is 0.540. The third-order valence-electron chi connectivity index (χ3n) is 3.89. The Labute approximate surface area is 121 Å². The predicted molar refractivity (Wildman–Crippen MR) is 78.6 cm³/mol. The van der Waals surface area contributed by atoms with E-state index in [2.05, 4.69) is 24.5 Å². The van der Waals surface area contributed by atoms with E-state index in [9.17, 15) is 9.59 Å². The monoisotopic (exact) mass is 284 g/mol. The van der Waals surface area contributed by atoms with Gasteiger partial charge in [-0.15, -0.1) is 0 Å². The van der Waals surface area contributed by atoms with Crippen LogP contribution in [-0.4, -0.2) is 30.2 Å². The molecule has 0 saturated heterocycles. The lowest BCUT2D eigenvalue weighted by atomic mass is 10.0. The zero-order valence-corrected chi connectivity index (χ0v) is 12.7. The number of rotatable bonds is 10. The number of hydrogen-bond donors (Lipinski definition) is 3. The maximum absolute atomic E-state index is 11.5. The highest BCUT2D eigenvalue weighted by Crippen LogP contribution is 2.45. The summed E-state index contributed by atoms with van der Waals surface area (Å²) in [5.74, 6) is -0.0363. The van der Waals surface area contributed by atoms with Crippen LogP contribution < -0.4 is 10.6 Å². The molecule has 5 nitrogen and oxygen atoms in total. The number of carboxylic acid groups (broad SMARTS) is 1. The zero-order chi connectivity index (χ0) is 15.0. The molecule has 0 aromatic heterocycles. The molecule has 0 heterocycles. The highest BCUT2D eigenvalue weighted by molar-refractivity contribution is 5.80. The molecule has 0 bridgehead atoms. The Morgan fingerprint density at radius 1 is 1.10 bits per heavy atom. The van der Waals surface area contributed by atoms with Gasteiger partial charge in [-0.3, -0.25) is 4.79 Å². The number of aliphatic carboxylic acids is 1. The van der Waals surface area contributed by atoms with Crippen LogP contribution in [0.1, 0.15) is 58.8 Å². The summed E-state index contributed by atoms with van der Waals surface area (Å²) in [6, 6.07) is -0.250. The standard InChI is InChI=1S/C15H28N2O3/c1-12(2)7-5-3-4-6-10-16-14(20)17-11-15(8-9-15)13(18)19/h12H,3-11H2,1-2H3,(H,18,19)(H2,16,17,20). The molecule has 1 aliphatic carbocycles. The minimum absolute atomic E-state index is 0.239. The minimum atomic E-state index is -0.803. The first-order valence-electron chi connectivity index (χ1n) is 7.71. The molecule has 0 aromatic carbocycles. The van der Waals surface area contributed by atoms with E-state index in [0.29, 0.717) is 19.4 Å². The number of carboxylic acids is 1. The maximum Gasteiger partial charge on any atom is 0.314 e. The Kier molecular flexibility index (Phi) is 6.82. The topological polar surface area (TPSA) is 78.4 Å². The lowest BCUT2D eigenvalue weighted by Crippen LogP contribution is -2.41. The van der Waals surface area contributed by atoms with Crippen LogP contribution in [0.5, 0.6) is 0 Å². The molecule has 3 N–H and O–H groups in total. The van der Waals surface area contributed by atoms with Crippen molar-refractivity contribution in [1.82, 2.24) is 10.6 Å². The van der Waals surface area contributed by atoms with Crippen LogP contribution in [0, 0.1) is 11.3 Å². The fourth-order valence-corrected chi connectivity index (χ4v) is 2.16. The maximum atomic E-state index is 11.5. The van der Waals surface area contributed by atoms with E-state index in [-0.39, 0.29) is 12.6 Å². The number of nitrogens with one attached hydrogen (secondary N) is 2. The lowest BCUT2D eigenvalue weighted by molar-refractivity contribution is -0.143. The number of hydrogen-bond acceptors (Lipinski definition) is 2. The van der Waals surface area contributed by atoms with Gasteiger partial charge in [0, 0.05) is 13.1 Å². The average molecular weight is 284 g/mol. The Hall–Kier alpha value is -1.26. The molecular weight excluding hydrogens is 256 g/mol. The van der Waals surface area contributed by atoms with Gasteiger partial charge in [0.2, 0.25) is 0 Å². The highest BCUT2D eigenvalue weighted by atomic mass is 16.4. The van der Waals surface area contributed by atoms with E-state index in [0.717, 1.165) is 18.8 Å². The fourth-order valence-electron chi connectivity index (χ4n) is 2.16. The van der Waals surface area contributed by atoms with E-state index in [4.69, 9.17) is 5.11 Å². The van der Waals surface area contributed by atoms with Crippen molar-refractivity contribution in [1.29, 1.82) is 0 Å². The molecule has 116 valence electrons. The summed E-state index contributed by atoms with van der Waals surface area (Å²) in [6.07, 6.45) is 7.18. The van der Waals surface area contributed by atoms with Crippen molar-refractivity contribution in [2.24, 2.45) is 11.3 Å². The van der Waals surface area contributed by atoms with E-state index >= 15 is 0 Å².